The van der Waals surface area contributed by atoms with Crippen LogP contribution in [0.15, 0.2) is 30.3 Å². The van der Waals surface area contributed by atoms with Crippen molar-refractivity contribution in [3.05, 3.63) is 35.9 Å². The van der Waals surface area contributed by atoms with Crippen molar-refractivity contribution in [2.75, 3.05) is 0 Å². The minimum absolute atomic E-state index is 0. The molecule has 0 N–H and O–H groups in total. The summed E-state index contributed by atoms with van der Waals surface area (Å²) in [5, 5.41) is 0. The molecule has 0 unspecified atom stereocenters. The van der Waals surface area contributed by atoms with Gasteiger partial charge >= 0.3 is 0 Å². The van der Waals surface area contributed by atoms with Crippen molar-refractivity contribution in [3.8, 4) is 11.8 Å². The fourth-order valence-corrected chi connectivity index (χ4v) is 0.666. The molecule has 1 aromatic carbocycles. The van der Waals surface area contributed by atoms with Crippen LogP contribution in [-0.4, -0.2) is 0 Å². The predicted molar refractivity (Wildman–Crippen MR) is 68.4 cm³/mol. The molecule has 0 aliphatic heterocycles. The second-order valence-electron chi connectivity index (χ2n) is 1.74. The highest BCUT2D eigenvalue weighted by molar-refractivity contribution is 5.32. The summed E-state index contributed by atoms with van der Waals surface area (Å²) in [5.41, 5.74) is 1.08. The van der Waals surface area contributed by atoms with Crippen LogP contribution in [0, 0.1) is 11.8 Å². The van der Waals surface area contributed by atoms with Crippen molar-refractivity contribution < 1.29 is 0 Å². The lowest BCUT2D eigenvalue weighted by Gasteiger charge is -1.83. The third-order valence-corrected chi connectivity index (χ3v) is 1.04. The van der Waals surface area contributed by atoms with E-state index in [9.17, 15) is 0 Å². The maximum atomic E-state index is 2.96. The van der Waals surface area contributed by atoms with E-state index >= 15 is 0 Å². The molecule has 0 heteroatoms. The second kappa shape index (κ2) is 17.8. The van der Waals surface area contributed by atoms with Crippen molar-refractivity contribution in [1.29, 1.82) is 0 Å². The van der Waals surface area contributed by atoms with Crippen LogP contribution in [-0.2, 0) is 0 Å². The summed E-state index contributed by atoms with van der Waals surface area (Å²) < 4.78 is 0. The van der Waals surface area contributed by atoms with Gasteiger partial charge in [-0.1, -0.05) is 59.2 Å². The predicted octanol–water partition coefficient (Wildman–Crippen LogP) is 4.75. The first-order valence-corrected chi connectivity index (χ1v) is 4.91. The van der Waals surface area contributed by atoms with Gasteiger partial charge in [0.05, 0.1) is 0 Å². The van der Waals surface area contributed by atoms with Gasteiger partial charge in [-0.15, -0.1) is 5.92 Å². The van der Waals surface area contributed by atoms with Crippen LogP contribution in [0.1, 0.15) is 47.6 Å². The van der Waals surface area contributed by atoms with Gasteiger partial charge in [0, 0.05) is 5.56 Å². The highest BCUT2D eigenvalue weighted by Crippen LogP contribution is 1.93. The van der Waals surface area contributed by atoms with E-state index in [2.05, 4.69) is 11.8 Å². The van der Waals surface area contributed by atoms with E-state index in [4.69, 9.17) is 0 Å². The average molecular weight is 192 g/mol. The Morgan fingerprint density at radius 2 is 1.29 bits per heavy atom. The van der Waals surface area contributed by atoms with Crippen molar-refractivity contribution in [3.63, 3.8) is 0 Å². The summed E-state index contributed by atoms with van der Waals surface area (Å²) in [6.07, 6.45) is 0. The van der Waals surface area contributed by atoms with Crippen molar-refractivity contribution in [1.82, 2.24) is 0 Å². The maximum absolute atomic E-state index is 2.96. The lowest BCUT2D eigenvalue weighted by Crippen LogP contribution is -1.67. The molecule has 0 bridgehead atoms. The van der Waals surface area contributed by atoms with Crippen LogP contribution in [0.2, 0.25) is 0 Å². The third-order valence-electron chi connectivity index (χ3n) is 1.04. The molecular formula is C14H24. The van der Waals surface area contributed by atoms with E-state index in [1.807, 2.05) is 65.0 Å². The van der Waals surface area contributed by atoms with Gasteiger partial charge in [0.1, 0.15) is 0 Å². The topological polar surface area (TPSA) is 0 Å². The van der Waals surface area contributed by atoms with E-state index in [0.717, 1.165) is 5.56 Å². The van der Waals surface area contributed by atoms with E-state index in [1.165, 1.54) is 0 Å². The molecule has 0 heterocycles. The van der Waals surface area contributed by atoms with E-state index in [-0.39, 0.29) is 7.43 Å². The number of benzene rings is 1. The average Bonchev–Trinajstić information content (AvgIpc) is 2.26. The van der Waals surface area contributed by atoms with Crippen molar-refractivity contribution in [2.45, 2.75) is 42.0 Å². The van der Waals surface area contributed by atoms with Gasteiger partial charge in [-0.05, 0) is 19.1 Å². The molecule has 0 aliphatic carbocycles. The summed E-state index contributed by atoms with van der Waals surface area (Å²) in [5.74, 6) is 5.79. The van der Waals surface area contributed by atoms with E-state index in [1.54, 1.807) is 0 Å². The zero-order valence-corrected chi connectivity index (χ0v) is 9.39. The van der Waals surface area contributed by atoms with E-state index < -0.39 is 0 Å². The highest BCUT2D eigenvalue weighted by atomic mass is 13.8. The number of hydrogen-bond donors (Lipinski definition) is 0. The zero-order chi connectivity index (χ0) is 10.5. The largest absolute Gasteiger partial charge is 0.101 e. The highest BCUT2D eigenvalue weighted by Gasteiger charge is 1.77. The third kappa shape index (κ3) is 10.8. The molecule has 0 spiro atoms. The SMILES string of the molecule is C.CC.CC.CC#Cc1ccccc1. The van der Waals surface area contributed by atoms with Crippen LogP contribution < -0.4 is 0 Å². The van der Waals surface area contributed by atoms with Gasteiger partial charge in [0.15, 0.2) is 0 Å². The molecule has 0 amide bonds. The fraction of sp³-hybridized carbons (Fsp3) is 0.429. The summed E-state index contributed by atoms with van der Waals surface area (Å²) in [6.45, 7) is 9.84. The van der Waals surface area contributed by atoms with Gasteiger partial charge in [-0.3, -0.25) is 0 Å². The first kappa shape index (κ1) is 18.5. The fourth-order valence-electron chi connectivity index (χ4n) is 0.666. The lowest BCUT2D eigenvalue weighted by atomic mass is 10.2. The summed E-state index contributed by atoms with van der Waals surface area (Å²) in [4.78, 5) is 0. The van der Waals surface area contributed by atoms with Crippen LogP contribution in [0.25, 0.3) is 0 Å². The van der Waals surface area contributed by atoms with Crippen LogP contribution in [0.4, 0.5) is 0 Å². The molecule has 0 nitrogen and oxygen atoms in total. The Hall–Kier alpha value is -1.22. The van der Waals surface area contributed by atoms with Crippen LogP contribution in [0.5, 0.6) is 0 Å². The molecular weight excluding hydrogens is 168 g/mol. The molecule has 0 atom stereocenters. The molecule has 0 aromatic heterocycles. The van der Waals surface area contributed by atoms with Gasteiger partial charge in [0.25, 0.3) is 0 Å². The Balaban J connectivity index is -0.000000216. The zero-order valence-electron chi connectivity index (χ0n) is 9.39. The standard InChI is InChI=1S/C9H8.2C2H6.CH4/c1-2-6-9-7-4-3-5-8-9;2*1-2;/h3-5,7-8H,1H3;2*1-2H3;1H4. The monoisotopic (exact) mass is 192 g/mol. The molecule has 0 aliphatic rings. The Bertz CT molecular complexity index is 223. The Labute approximate surface area is 90.4 Å². The molecule has 0 saturated heterocycles. The molecule has 1 aromatic rings. The minimum Gasteiger partial charge on any atom is -0.101 e. The lowest BCUT2D eigenvalue weighted by molar-refractivity contribution is 1.50. The summed E-state index contributed by atoms with van der Waals surface area (Å²) in [6, 6.07) is 9.95. The quantitative estimate of drug-likeness (QED) is 0.520. The molecule has 0 fully saturated rings. The normalized spacial score (nSPS) is 5.79. The first-order chi connectivity index (χ1) is 6.43. The van der Waals surface area contributed by atoms with Gasteiger partial charge < -0.3 is 0 Å². The molecule has 0 saturated carbocycles. The van der Waals surface area contributed by atoms with Gasteiger partial charge in [-0.2, -0.15) is 0 Å². The van der Waals surface area contributed by atoms with Crippen molar-refractivity contribution in [2.24, 2.45) is 0 Å². The Morgan fingerprint density at radius 3 is 1.64 bits per heavy atom. The molecule has 80 valence electrons. The van der Waals surface area contributed by atoms with Crippen molar-refractivity contribution >= 4 is 0 Å². The smallest absolute Gasteiger partial charge is 0.0245 e. The second-order valence-corrected chi connectivity index (χ2v) is 1.74. The Kier molecular flexibility index (Phi) is 23.5. The number of rotatable bonds is 0. The first-order valence-electron chi connectivity index (χ1n) is 4.91. The minimum atomic E-state index is 0. The van der Waals surface area contributed by atoms with Crippen LogP contribution in [0.3, 0.4) is 0 Å². The Morgan fingerprint density at radius 1 is 0.857 bits per heavy atom. The number of hydrogen-bond acceptors (Lipinski definition) is 0. The van der Waals surface area contributed by atoms with Gasteiger partial charge in [0.2, 0.25) is 0 Å². The summed E-state index contributed by atoms with van der Waals surface area (Å²) in [7, 11) is 0. The van der Waals surface area contributed by atoms with E-state index in [0.29, 0.717) is 0 Å². The van der Waals surface area contributed by atoms with Crippen LogP contribution >= 0.6 is 0 Å². The summed E-state index contributed by atoms with van der Waals surface area (Å²) >= 11 is 0. The molecule has 14 heavy (non-hydrogen) atoms. The molecule has 0 radical (unpaired) electrons. The van der Waals surface area contributed by atoms with Gasteiger partial charge in [-0.25, -0.2) is 0 Å². The maximum Gasteiger partial charge on any atom is 0.0245 e. The molecule has 1 rings (SSSR count).